The van der Waals surface area contributed by atoms with Gasteiger partial charge in [0.25, 0.3) is 0 Å². The van der Waals surface area contributed by atoms with E-state index < -0.39 is 11.7 Å². The van der Waals surface area contributed by atoms with Crippen molar-refractivity contribution in [3.8, 4) is 0 Å². The van der Waals surface area contributed by atoms with Gasteiger partial charge in [0.15, 0.2) is 0 Å². The van der Waals surface area contributed by atoms with Crippen molar-refractivity contribution in [1.29, 1.82) is 0 Å². The van der Waals surface area contributed by atoms with Crippen molar-refractivity contribution in [2.24, 2.45) is 17.3 Å². The highest BCUT2D eigenvalue weighted by Crippen LogP contribution is 2.56. The molecular formula is C22H32O4. The Morgan fingerprint density at radius 3 is 2.65 bits per heavy atom. The van der Waals surface area contributed by atoms with Crippen molar-refractivity contribution in [1.82, 2.24) is 0 Å². The number of hydrogen-bond acceptors (Lipinski definition) is 4. The van der Waals surface area contributed by atoms with Gasteiger partial charge in [0, 0.05) is 12.5 Å². The lowest BCUT2D eigenvalue weighted by molar-refractivity contribution is -0.185. The van der Waals surface area contributed by atoms with Crippen LogP contribution in [0, 0.1) is 17.3 Å². The van der Waals surface area contributed by atoms with E-state index in [1.165, 1.54) is 12.5 Å². The Kier molecular flexibility index (Phi) is 5.06. The van der Waals surface area contributed by atoms with Gasteiger partial charge in [-0.05, 0) is 76.0 Å². The van der Waals surface area contributed by atoms with Gasteiger partial charge in [-0.15, -0.1) is 0 Å². The lowest BCUT2D eigenvalue weighted by Gasteiger charge is -2.43. The maximum atomic E-state index is 12.7. The van der Waals surface area contributed by atoms with Crippen LogP contribution < -0.4 is 0 Å². The maximum absolute atomic E-state index is 12.7. The number of ether oxygens (including phenoxy) is 2. The molecule has 1 aliphatic carbocycles. The van der Waals surface area contributed by atoms with Gasteiger partial charge in [0.1, 0.15) is 11.7 Å². The minimum atomic E-state index is -0.771. The van der Waals surface area contributed by atoms with Crippen LogP contribution in [0.3, 0.4) is 0 Å². The van der Waals surface area contributed by atoms with E-state index >= 15 is 0 Å². The fourth-order valence-electron chi connectivity index (χ4n) is 5.44. The minimum Gasteiger partial charge on any atom is -0.458 e. The van der Waals surface area contributed by atoms with Gasteiger partial charge in [0.2, 0.25) is 0 Å². The largest absolute Gasteiger partial charge is 0.458 e. The van der Waals surface area contributed by atoms with Gasteiger partial charge in [-0.25, -0.2) is 4.79 Å². The molecule has 0 aromatic carbocycles. The number of rotatable bonds is 2. The first-order valence-electron chi connectivity index (χ1n) is 9.90. The average molecular weight is 360 g/mol. The highest BCUT2D eigenvalue weighted by atomic mass is 16.6. The molecule has 4 nitrogen and oxygen atoms in total. The first-order chi connectivity index (χ1) is 12.1. The molecule has 0 spiro atoms. The standard InChI is InChI=1S/C22H32O4/c1-14(2)17-10-12-21(4)13-19(25-15(3)23)22(5)11-6-7-16(20(24)26-22)8-9-18(17)21/h7,17-19H,1,6,8-13H2,2-5H3/t17-,18+,19+,21-,22-/m1/s1. The Balaban J connectivity index is 2.02. The van der Waals surface area contributed by atoms with Gasteiger partial charge in [-0.2, -0.15) is 0 Å². The summed E-state index contributed by atoms with van der Waals surface area (Å²) >= 11 is 0. The van der Waals surface area contributed by atoms with E-state index in [1.54, 1.807) is 0 Å². The molecule has 0 aromatic heterocycles. The third-order valence-electron chi connectivity index (χ3n) is 7.03. The van der Waals surface area contributed by atoms with E-state index in [4.69, 9.17) is 9.47 Å². The van der Waals surface area contributed by atoms with Gasteiger partial charge in [-0.3, -0.25) is 4.79 Å². The summed E-state index contributed by atoms with van der Waals surface area (Å²) in [4.78, 5) is 24.5. The summed E-state index contributed by atoms with van der Waals surface area (Å²) in [5.74, 6) is 0.378. The molecule has 144 valence electrons. The molecule has 2 heterocycles. The molecule has 2 fully saturated rings. The molecule has 1 saturated heterocycles. The Bertz CT molecular complexity index is 649. The molecule has 0 unspecified atom stereocenters. The fourth-order valence-corrected chi connectivity index (χ4v) is 5.44. The highest BCUT2D eigenvalue weighted by Gasteiger charge is 2.52. The first kappa shape index (κ1) is 19.2. The molecule has 3 rings (SSSR count). The number of carbonyl (C=O) groups is 2. The van der Waals surface area contributed by atoms with Crippen LogP contribution in [-0.2, 0) is 19.1 Å². The lowest BCUT2D eigenvalue weighted by Crippen LogP contribution is -2.49. The lowest BCUT2D eigenvalue weighted by atomic mass is 9.68. The maximum Gasteiger partial charge on any atom is 0.334 e. The van der Waals surface area contributed by atoms with Crippen LogP contribution in [0.15, 0.2) is 23.8 Å². The molecule has 2 aliphatic heterocycles. The molecule has 5 atom stereocenters. The summed E-state index contributed by atoms with van der Waals surface area (Å²) in [7, 11) is 0. The van der Waals surface area contributed by atoms with E-state index in [0.717, 1.165) is 44.1 Å². The van der Waals surface area contributed by atoms with Gasteiger partial charge in [-0.1, -0.05) is 25.2 Å². The van der Waals surface area contributed by atoms with Crippen LogP contribution in [0.4, 0.5) is 0 Å². The Labute approximate surface area is 157 Å². The van der Waals surface area contributed by atoms with Crippen LogP contribution >= 0.6 is 0 Å². The zero-order chi connectivity index (χ0) is 19.1. The van der Waals surface area contributed by atoms with E-state index in [9.17, 15) is 9.59 Å². The Morgan fingerprint density at radius 1 is 1.27 bits per heavy atom. The van der Waals surface area contributed by atoms with Crippen LogP contribution in [-0.4, -0.2) is 23.6 Å². The first-order valence-corrected chi connectivity index (χ1v) is 9.90. The third-order valence-corrected chi connectivity index (χ3v) is 7.03. The fraction of sp³-hybridized carbons (Fsp3) is 0.727. The van der Waals surface area contributed by atoms with Crippen LogP contribution in [0.2, 0.25) is 0 Å². The van der Waals surface area contributed by atoms with Crippen molar-refractivity contribution in [3.63, 3.8) is 0 Å². The second-order valence-corrected chi connectivity index (χ2v) is 9.06. The number of carbonyl (C=O) groups excluding carboxylic acids is 2. The van der Waals surface area contributed by atoms with Crippen molar-refractivity contribution in [2.45, 2.75) is 84.3 Å². The van der Waals surface area contributed by atoms with Gasteiger partial charge >= 0.3 is 11.9 Å². The number of hydrogen-bond donors (Lipinski definition) is 0. The smallest absolute Gasteiger partial charge is 0.334 e. The molecular weight excluding hydrogens is 328 g/mol. The van der Waals surface area contributed by atoms with Gasteiger partial charge < -0.3 is 9.47 Å². The number of fused-ring (bicyclic) bond motifs is 4. The summed E-state index contributed by atoms with van der Waals surface area (Å²) in [5.41, 5.74) is 1.30. The van der Waals surface area contributed by atoms with Gasteiger partial charge in [0.05, 0.1) is 0 Å². The number of esters is 2. The highest BCUT2D eigenvalue weighted by molar-refractivity contribution is 5.89. The van der Waals surface area contributed by atoms with Crippen molar-refractivity contribution in [3.05, 3.63) is 23.8 Å². The molecule has 4 heteroatoms. The molecule has 0 N–H and O–H groups in total. The van der Waals surface area contributed by atoms with E-state index in [1.807, 2.05) is 13.0 Å². The Morgan fingerprint density at radius 2 is 2.00 bits per heavy atom. The molecule has 1 saturated carbocycles. The summed E-state index contributed by atoms with van der Waals surface area (Å²) in [6.07, 6.45) is 7.75. The van der Waals surface area contributed by atoms with E-state index in [0.29, 0.717) is 18.3 Å². The molecule has 0 amide bonds. The zero-order valence-electron chi connectivity index (χ0n) is 16.6. The topological polar surface area (TPSA) is 52.6 Å². The third kappa shape index (κ3) is 3.47. The summed E-state index contributed by atoms with van der Waals surface area (Å²) < 4.78 is 11.7. The summed E-state index contributed by atoms with van der Waals surface area (Å²) in [5, 5.41) is 0. The number of allylic oxidation sites excluding steroid dienone is 2. The predicted octanol–water partition coefficient (Wildman–Crippen LogP) is 4.73. The van der Waals surface area contributed by atoms with Crippen molar-refractivity contribution in [2.75, 3.05) is 0 Å². The Hall–Kier alpha value is -1.58. The normalized spacial score (nSPS) is 40.1. The molecule has 0 radical (unpaired) electrons. The second-order valence-electron chi connectivity index (χ2n) is 9.06. The summed E-state index contributed by atoms with van der Waals surface area (Å²) in [6.45, 7) is 12.0. The molecule has 0 aromatic rings. The van der Waals surface area contributed by atoms with E-state index in [2.05, 4.69) is 20.4 Å². The molecule has 3 aliphatic rings. The SMILES string of the molecule is C=C(C)[C@H]1CC[C@]2(C)C[C@H](OC(C)=O)[C@@]3(C)CCC=C(CC[C@@H]12)C(=O)O3. The van der Waals surface area contributed by atoms with E-state index in [-0.39, 0.29) is 17.4 Å². The van der Waals surface area contributed by atoms with Crippen molar-refractivity contribution < 1.29 is 19.1 Å². The van der Waals surface area contributed by atoms with Crippen molar-refractivity contribution >= 4 is 11.9 Å². The second kappa shape index (κ2) is 6.86. The van der Waals surface area contributed by atoms with Crippen LogP contribution in [0.5, 0.6) is 0 Å². The average Bonchev–Trinajstić information content (AvgIpc) is 2.76. The molecule has 2 bridgehead atoms. The predicted molar refractivity (Wildman–Crippen MR) is 100 cm³/mol. The van der Waals surface area contributed by atoms with Crippen LogP contribution in [0.25, 0.3) is 0 Å². The monoisotopic (exact) mass is 360 g/mol. The van der Waals surface area contributed by atoms with Crippen LogP contribution in [0.1, 0.15) is 72.6 Å². The minimum absolute atomic E-state index is 0.0597. The molecule has 26 heavy (non-hydrogen) atoms. The summed E-state index contributed by atoms with van der Waals surface area (Å²) in [6, 6.07) is 0. The zero-order valence-corrected chi connectivity index (χ0v) is 16.6. The quantitative estimate of drug-likeness (QED) is 0.527.